The minimum Gasteiger partial charge on any atom is -0.481 e. The topological polar surface area (TPSA) is 26.3 Å². The van der Waals surface area contributed by atoms with Gasteiger partial charge in [0.2, 0.25) is 6.29 Å². The van der Waals surface area contributed by atoms with Crippen LogP contribution >= 0.6 is 0 Å². The highest BCUT2D eigenvalue weighted by Crippen LogP contribution is 2.10. The van der Waals surface area contributed by atoms with Gasteiger partial charge in [-0.05, 0) is 31.2 Å². The van der Waals surface area contributed by atoms with Crippen LogP contribution in [0, 0.1) is 11.8 Å². The summed E-state index contributed by atoms with van der Waals surface area (Å²) >= 11 is 0. The number of carbonyl (C=O) groups excluding carboxylic acids is 1. The number of hydrogen-bond acceptors (Lipinski definition) is 2. The predicted molar refractivity (Wildman–Crippen MR) is 50.2 cm³/mol. The fourth-order valence-corrected chi connectivity index (χ4v) is 0.811. The lowest BCUT2D eigenvalue weighted by Crippen LogP contribution is -1.93. The standard InChI is InChI=1S/C11H9O2/c1-2-3-8-13-11-6-4-10(9-12)5-7-11/h4-7H,8H2,1H3. The van der Waals surface area contributed by atoms with Crippen LogP contribution in [0.4, 0.5) is 0 Å². The van der Waals surface area contributed by atoms with E-state index in [1.165, 1.54) is 0 Å². The van der Waals surface area contributed by atoms with Crippen molar-refractivity contribution < 1.29 is 9.53 Å². The van der Waals surface area contributed by atoms with Crippen molar-refractivity contribution >= 4 is 6.29 Å². The predicted octanol–water partition coefficient (Wildman–Crippen LogP) is 1.55. The second kappa shape index (κ2) is 5.00. The summed E-state index contributed by atoms with van der Waals surface area (Å²) in [6, 6.07) is 6.75. The van der Waals surface area contributed by atoms with Crippen LogP contribution in [0.2, 0.25) is 0 Å². The van der Waals surface area contributed by atoms with Gasteiger partial charge in [0.25, 0.3) is 0 Å². The van der Waals surface area contributed by atoms with Crippen molar-refractivity contribution in [2.75, 3.05) is 6.61 Å². The third-order valence-corrected chi connectivity index (χ3v) is 1.46. The van der Waals surface area contributed by atoms with Crippen LogP contribution in [0.3, 0.4) is 0 Å². The molecule has 0 spiro atoms. The van der Waals surface area contributed by atoms with Crippen molar-refractivity contribution in [3.8, 4) is 17.6 Å². The molecular formula is C11H9O2. The Hall–Kier alpha value is -1.75. The lowest BCUT2D eigenvalue weighted by atomic mass is 10.2. The summed E-state index contributed by atoms with van der Waals surface area (Å²) in [6.07, 6.45) is 1.79. The Morgan fingerprint density at radius 2 is 2.00 bits per heavy atom. The lowest BCUT2D eigenvalue weighted by Gasteiger charge is -2.00. The normalized spacial score (nSPS) is 8.38. The van der Waals surface area contributed by atoms with Crippen molar-refractivity contribution in [3.05, 3.63) is 29.8 Å². The molecule has 1 aromatic carbocycles. The van der Waals surface area contributed by atoms with Gasteiger partial charge in [0.05, 0.1) is 0 Å². The van der Waals surface area contributed by atoms with E-state index in [2.05, 4.69) is 11.8 Å². The molecule has 0 saturated carbocycles. The van der Waals surface area contributed by atoms with E-state index < -0.39 is 0 Å². The molecule has 13 heavy (non-hydrogen) atoms. The van der Waals surface area contributed by atoms with Crippen LogP contribution in [0.15, 0.2) is 24.3 Å². The van der Waals surface area contributed by atoms with E-state index in [4.69, 9.17) is 4.74 Å². The second-order valence-corrected chi connectivity index (χ2v) is 2.34. The quantitative estimate of drug-likeness (QED) is 0.648. The van der Waals surface area contributed by atoms with Crippen LogP contribution in [0.25, 0.3) is 0 Å². The maximum absolute atomic E-state index is 10.2. The minimum atomic E-state index is 0.376. The van der Waals surface area contributed by atoms with Crippen molar-refractivity contribution in [2.24, 2.45) is 0 Å². The summed E-state index contributed by atoms with van der Waals surface area (Å²) in [5.41, 5.74) is 0.522. The molecule has 0 saturated heterocycles. The van der Waals surface area contributed by atoms with Crippen molar-refractivity contribution in [2.45, 2.75) is 6.92 Å². The Kier molecular flexibility index (Phi) is 3.59. The molecule has 0 unspecified atom stereocenters. The zero-order chi connectivity index (χ0) is 9.52. The van der Waals surface area contributed by atoms with E-state index in [9.17, 15) is 4.79 Å². The molecule has 2 nitrogen and oxygen atoms in total. The van der Waals surface area contributed by atoms with Gasteiger partial charge < -0.3 is 4.74 Å². The first-order valence-electron chi connectivity index (χ1n) is 3.87. The first-order valence-corrected chi connectivity index (χ1v) is 3.87. The highest BCUT2D eigenvalue weighted by atomic mass is 16.5. The molecule has 0 amide bonds. The summed E-state index contributed by atoms with van der Waals surface area (Å²) in [5.74, 6) is 6.21. The number of benzene rings is 1. The van der Waals surface area contributed by atoms with Crippen molar-refractivity contribution in [3.63, 3.8) is 0 Å². The van der Waals surface area contributed by atoms with Gasteiger partial charge >= 0.3 is 0 Å². The fraction of sp³-hybridized carbons (Fsp3) is 0.182. The third-order valence-electron chi connectivity index (χ3n) is 1.46. The van der Waals surface area contributed by atoms with Gasteiger partial charge in [-0.2, -0.15) is 0 Å². The highest BCUT2D eigenvalue weighted by Gasteiger charge is 1.92. The first-order chi connectivity index (χ1) is 6.36. The summed E-state index contributed by atoms with van der Waals surface area (Å²) in [7, 11) is 0. The molecule has 0 aliphatic heterocycles. The zero-order valence-corrected chi connectivity index (χ0v) is 7.33. The maximum atomic E-state index is 10.2. The molecule has 1 aromatic rings. The third kappa shape index (κ3) is 3.00. The minimum absolute atomic E-state index is 0.376. The van der Waals surface area contributed by atoms with E-state index in [0.717, 1.165) is 0 Å². The second-order valence-electron chi connectivity index (χ2n) is 2.34. The molecule has 65 valence electrons. The summed E-state index contributed by atoms with van der Waals surface area (Å²) < 4.78 is 5.24. The van der Waals surface area contributed by atoms with E-state index in [0.29, 0.717) is 17.9 Å². The van der Waals surface area contributed by atoms with Gasteiger partial charge in [-0.25, -0.2) is 0 Å². The largest absolute Gasteiger partial charge is 0.481 e. The molecular weight excluding hydrogens is 164 g/mol. The highest BCUT2D eigenvalue weighted by molar-refractivity contribution is 5.75. The fourth-order valence-electron chi connectivity index (χ4n) is 0.811. The number of ether oxygens (including phenoxy) is 1. The van der Waals surface area contributed by atoms with E-state index in [1.807, 2.05) is 0 Å². The molecule has 1 rings (SSSR count). The molecule has 0 fully saturated rings. The van der Waals surface area contributed by atoms with E-state index in [-0.39, 0.29) is 0 Å². The van der Waals surface area contributed by atoms with Crippen LogP contribution in [-0.4, -0.2) is 12.9 Å². The molecule has 0 N–H and O–H groups in total. The number of rotatable bonds is 3. The molecule has 2 heteroatoms. The Labute approximate surface area is 77.5 Å². The van der Waals surface area contributed by atoms with Crippen LogP contribution in [0.1, 0.15) is 12.5 Å². The van der Waals surface area contributed by atoms with Crippen LogP contribution < -0.4 is 4.74 Å². The smallest absolute Gasteiger partial charge is 0.233 e. The SMILES string of the molecule is CC#CCOc1ccc([C]=O)cc1. The Bertz CT molecular complexity index is 327. The average Bonchev–Trinajstić information content (AvgIpc) is 2.19. The molecule has 0 heterocycles. The average molecular weight is 173 g/mol. The van der Waals surface area contributed by atoms with Crippen LogP contribution in [-0.2, 0) is 4.79 Å². The molecule has 0 atom stereocenters. The summed E-state index contributed by atoms with van der Waals surface area (Å²) in [6.45, 7) is 2.13. The first kappa shape index (κ1) is 9.34. The van der Waals surface area contributed by atoms with Gasteiger partial charge in [0.1, 0.15) is 12.4 Å². The molecule has 0 aromatic heterocycles. The van der Waals surface area contributed by atoms with Gasteiger partial charge in [-0.3, -0.25) is 4.79 Å². The summed E-state index contributed by atoms with van der Waals surface area (Å²) in [4.78, 5) is 10.2. The van der Waals surface area contributed by atoms with Gasteiger partial charge in [-0.15, -0.1) is 5.92 Å². The summed E-state index contributed by atoms with van der Waals surface area (Å²) in [5, 5.41) is 0. The Morgan fingerprint density at radius 3 is 2.54 bits per heavy atom. The van der Waals surface area contributed by atoms with Crippen LogP contribution in [0.5, 0.6) is 5.75 Å². The Balaban J connectivity index is 2.57. The van der Waals surface area contributed by atoms with Gasteiger partial charge in [0, 0.05) is 5.56 Å². The lowest BCUT2D eigenvalue weighted by molar-refractivity contribution is 0.370. The monoisotopic (exact) mass is 173 g/mol. The van der Waals surface area contributed by atoms with Gasteiger partial charge in [0.15, 0.2) is 0 Å². The Morgan fingerprint density at radius 1 is 1.31 bits per heavy atom. The number of hydrogen-bond donors (Lipinski definition) is 0. The molecule has 0 bridgehead atoms. The molecule has 0 aliphatic carbocycles. The molecule has 0 aliphatic rings. The van der Waals surface area contributed by atoms with Crippen molar-refractivity contribution in [1.29, 1.82) is 0 Å². The van der Waals surface area contributed by atoms with Gasteiger partial charge in [-0.1, -0.05) is 5.92 Å². The van der Waals surface area contributed by atoms with E-state index >= 15 is 0 Å². The zero-order valence-electron chi connectivity index (χ0n) is 7.33. The molecule has 1 radical (unpaired) electrons. The van der Waals surface area contributed by atoms with Crippen molar-refractivity contribution in [1.82, 2.24) is 0 Å². The maximum Gasteiger partial charge on any atom is 0.233 e. The van der Waals surface area contributed by atoms with E-state index in [1.54, 1.807) is 37.5 Å².